The van der Waals surface area contributed by atoms with Crippen LogP contribution in [0.4, 0.5) is 0 Å². The third-order valence-corrected chi connectivity index (χ3v) is 4.92. The highest BCUT2D eigenvalue weighted by molar-refractivity contribution is 6.30. The number of hydrogen-bond acceptors (Lipinski definition) is 4. The molecule has 0 aromatic heterocycles. The molecule has 5 heteroatoms. The van der Waals surface area contributed by atoms with E-state index in [1.54, 1.807) is 24.3 Å². The summed E-state index contributed by atoms with van der Waals surface area (Å²) < 4.78 is 11.9. The largest absolute Gasteiger partial charge is 0.488 e. The molecule has 0 aliphatic carbocycles. The molecule has 1 heterocycles. The van der Waals surface area contributed by atoms with E-state index in [-0.39, 0.29) is 11.5 Å². The summed E-state index contributed by atoms with van der Waals surface area (Å²) in [6.45, 7) is 5.18. The van der Waals surface area contributed by atoms with E-state index in [2.05, 4.69) is 4.90 Å². The van der Waals surface area contributed by atoms with E-state index in [1.807, 2.05) is 30.3 Å². The molecule has 1 aliphatic heterocycles. The van der Waals surface area contributed by atoms with Crippen LogP contribution in [0.2, 0.25) is 5.02 Å². The molecule has 0 bridgehead atoms. The number of piperidine rings is 1. The summed E-state index contributed by atoms with van der Waals surface area (Å²) >= 11 is 6.15. The van der Waals surface area contributed by atoms with Gasteiger partial charge in [-0.25, -0.2) is 0 Å². The van der Waals surface area contributed by atoms with Crippen LogP contribution in [-0.4, -0.2) is 36.9 Å². The summed E-state index contributed by atoms with van der Waals surface area (Å²) in [5, 5.41) is 0.529. The molecule has 0 saturated carbocycles. The molecule has 0 unspecified atom stereocenters. The predicted molar refractivity (Wildman–Crippen MR) is 113 cm³/mol. The number of allylic oxidation sites excluding steroid dienone is 1. The summed E-state index contributed by atoms with van der Waals surface area (Å²) in [5.74, 6) is 1.11. The number of likely N-dealkylation sites (tertiary alicyclic amines) is 1. The quantitative estimate of drug-likeness (QED) is 0.451. The number of benzene rings is 2. The van der Waals surface area contributed by atoms with Crippen molar-refractivity contribution >= 4 is 23.5 Å². The maximum Gasteiger partial charge on any atom is 0.194 e. The van der Waals surface area contributed by atoms with E-state index in [4.69, 9.17) is 21.1 Å². The van der Waals surface area contributed by atoms with Crippen LogP contribution in [0, 0.1) is 0 Å². The van der Waals surface area contributed by atoms with Crippen LogP contribution >= 0.6 is 11.6 Å². The fourth-order valence-corrected chi connectivity index (χ4v) is 3.33. The summed E-state index contributed by atoms with van der Waals surface area (Å²) in [6, 6.07) is 14.8. The van der Waals surface area contributed by atoms with Crippen molar-refractivity contribution in [3.8, 4) is 11.5 Å². The van der Waals surface area contributed by atoms with Gasteiger partial charge in [0.15, 0.2) is 23.0 Å². The first-order chi connectivity index (χ1) is 13.6. The van der Waals surface area contributed by atoms with Crippen molar-refractivity contribution in [2.75, 3.05) is 26.2 Å². The molecule has 0 spiro atoms. The van der Waals surface area contributed by atoms with E-state index in [0.29, 0.717) is 23.1 Å². The van der Waals surface area contributed by atoms with Gasteiger partial charge in [-0.05, 0) is 49.7 Å². The lowest BCUT2D eigenvalue weighted by atomic mass is 10.1. The molecule has 1 aliphatic rings. The third kappa shape index (κ3) is 6.11. The lowest BCUT2D eigenvalue weighted by Crippen LogP contribution is -2.33. The Kier molecular flexibility index (Phi) is 7.52. The van der Waals surface area contributed by atoms with Crippen LogP contribution in [0.25, 0.3) is 6.08 Å². The molecular formula is C23H26ClNO3. The Morgan fingerprint density at radius 1 is 1.07 bits per heavy atom. The second-order valence-electron chi connectivity index (χ2n) is 6.92. The van der Waals surface area contributed by atoms with Crippen molar-refractivity contribution in [3.63, 3.8) is 0 Å². The van der Waals surface area contributed by atoms with Gasteiger partial charge in [0.25, 0.3) is 0 Å². The Morgan fingerprint density at radius 2 is 1.82 bits per heavy atom. The predicted octanol–water partition coefficient (Wildman–Crippen LogP) is 5.21. The molecule has 3 rings (SSSR count). The number of ketones is 1. The van der Waals surface area contributed by atoms with Crippen LogP contribution < -0.4 is 9.47 Å². The van der Waals surface area contributed by atoms with E-state index < -0.39 is 0 Å². The normalized spacial score (nSPS) is 15.3. The highest BCUT2D eigenvalue weighted by Crippen LogP contribution is 2.32. The first-order valence-electron chi connectivity index (χ1n) is 9.72. The van der Waals surface area contributed by atoms with Gasteiger partial charge in [-0.1, -0.05) is 48.4 Å². The van der Waals surface area contributed by atoms with Crippen LogP contribution in [0.5, 0.6) is 11.5 Å². The van der Waals surface area contributed by atoms with Gasteiger partial charge < -0.3 is 9.47 Å². The highest BCUT2D eigenvalue weighted by Gasteiger charge is 2.14. The highest BCUT2D eigenvalue weighted by atomic mass is 35.5. The Labute approximate surface area is 171 Å². The number of halogens is 1. The molecule has 0 radical (unpaired) electrons. The molecule has 28 heavy (non-hydrogen) atoms. The second-order valence-corrected chi connectivity index (χ2v) is 7.36. The van der Waals surface area contributed by atoms with Gasteiger partial charge in [-0.2, -0.15) is 0 Å². The minimum atomic E-state index is -0.164. The number of Topliss-reactive ketones (excluding diaryl/α,β-unsaturated/α-hetero) is 1. The average Bonchev–Trinajstić information content (AvgIpc) is 2.70. The van der Waals surface area contributed by atoms with Crippen molar-refractivity contribution in [3.05, 3.63) is 64.9 Å². The van der Waals surface area contributed by atoms with Crippen molar-refractivity contribution in [1.82, 2.24) is 4.90 Å². The SMILES string of the molecule is CC(=O)/C(=C\c1ccccc1)Oc1cc(Cl)ccc1OCCN1CCCCC1. The molecule has 1 fully saturated rings. The molecule has 2 aromatic carbocycles. The van der Waals surface area contributed by atoms with Crippen molar-refractivity contribution in [2.45, 2.75) is 26.2 Å². The maximum absolute atomic E-state index is 12.1. The number of ether oxygens (including phenoxy) is 2. The van der Waals surface area contributed by atoms with Crippen LogP contribution in [0.15, 0.2) is 54.3 Å². The van der Waals surface area contributed by atoms with E-state index in [0.717, 1.165) is 25.2 Å². The fraction of sp³-hybridized carbons (Fsp3) is 0.348. The van der Waals surface area contributed by atoms with Crippen molar-refractivity contribution in [2.24, 2.45) is 0 Å². The number of rotatable bonds is 8. The molecular weight excluding hydrogens is 374 g/mol. The molecule has 1 saturated heterocycles. The first-order valence-corrected chi connectivity index (χ1v) is 10.1. The zero-order valence-corrected chi connectivity index (χ0v) is 17.0. The molecule has 0 N–H and O–H groups in total. The van der Waals surface area contributed by atoms with Gasteiger partial charge in [0, 0.05) is 24.6 Å². The second kappa shape index (κ2) is 10.3. The fourth-order valence-electron chi connectivity index (χ4n) is 3.17. The standard InChI is InChI=1S/C23H26ClNO3/c1-18(26)22(16-19-8-4-2-5-9-19)28-23-17-20(24)10-11-21(23)27-15-14-25-12-6-3-7-13-25/h2,4-5,8-11,16-17H,3,6-7,12-15H2,1H3/b22-16+. The first kappa shape index (κ1) is 20.4. The Balaban J connectivity index is 1.71. The number of hydrogen-bond donors (Lipinski definition) is 0. The van der Waals surface area contributed by atoms with Crippen LogP contribution in [0.3, 0.4) is 0 Å². The lowest BCUT2D eigenvalue weighted by molar-refractivity contribution is -0.115. The number of nitrogens with zero attached hydrogens (tertiary/aromatic N) is 1. The monoisotopic (exact) mass is 399 g/mol. The lowest BCUT2D eigenvalue weighted by Gasteiger charge is -2.26. The van der Waals surface area contributed by atoms with Crippen LogP contribution in [0.1, 0.15) is 31.7 Å². The Bertz CT molecular complexity index is 814. The maximum atomic E-state index is 12.1. The molecule has 2 aromatic rings. The minimum absolute atomic E-state index is 0.164. The number of carbonyl (C=O) groups excluding carboxylic acids is 1. The van der Waals surface area contributed by atoms with Crippen molar-refractivity contribution in [1.29, 1.82) is 0 Å². The summed E-state index contributed by atoms with van der Waals surface area (Å²) in [4.78, 5) is 14.5. The average molecular weight is 400 g/mol. The van der Waals surface area contributed by atoms with Gasteiger partial charge >= 0.3 is 0 Å². The van der Waals surface area contributed by atoms with Crippen molar-refractivity contribution < 1.29 is 14.3 Å². The third-order valence-electron chi connectivity index (χ3n) is 4.68. The smallest absolute Gasteiger partial charge is 0.194 e. The van der Waals surface area contributed by atoms with Gasteiger partial charge in [0.2, 0.25) is 0 Å². The molecule has 0 atom stereocenters. The Hall–Kier alpha value is -2.30. The summed E-state index contributed by atoms with van der Waals surface area (Å²) in [5.41, 5.74) is 0.891. The van der Waals surface area contributed by atoms with E-state index in [1.165, 1.54) is 26.2 Å². The van der Waals surface area contributed by atoms with E-state index in [9.17, 15) is 4.79 Å². The zero-order chi connectivity index (χ0) is 19.8. The van der Waals surface area contributed by atoms with Gasteiger partial charge in [-0.3, -0.25) is 9.69 Å². The molecule has 4 nitrogen and oxygen atoms in total. The van der Waals surface area contributed by atoms with E-state index >= 15 is 0 Å². The Morgan fingerprint density at radius 3 is 2.54 bits per heavy atom. The topological polar surface area (TPSA) is 38.8 Å². The van der Waals surface area contributed by atoms with Gasteiger partial charge in [-0.15, -0.1) is 0 Å². The number of carbonyl (C=O) groups is 1. The molecule has 0 amide bonds. The van der Waals surface area contributed by atoms with Gasteiger partial charge in [0.1, 0.15) is 6.61 Å². The van der Waals surface area contributed by atoms with Gasteiger partial charge in [0.05, 0.1) is 0 Å². The summed E-state index contributed by atoms with van der Waals surface area (Å²) in [7, 11) is 0. The summed E-state index contributed by atoms with van der Waals surface area (Å²) in [6.07, 6.45) is 5.54. The zero-order valence-electron chi connectivity index (χ0n) is 16.2. The van der Waals surface area contributed by atoms with Crippen LogP contribution in [-0.2, 0) is 4.79 Å². The molecule has 148 valence electrons. The minimum Gasteiger partial charge on any atom is -0.488 e.